The summed E-state index contributed by atoms with van der Waals surface area (Å²) in [6, 6.07) is 0.988. The van der Waals surface area contributed by atoms with Crippen molar-refractivity contribution in [2.24, 2.45) is 5.73 Å². The van der Waals surface area contributed by atoms with Crippen molar-refractivity contribution in [3.05, 3.63) is 21.3 Å². The van der Waals surface area contributed by atoms with E-state index in [1.54, 1.807) is 11.4 Å². The van der Waals surface area contributed by atoms with E-state index in [2.05, 4.69) is 0 Å². The summed E-state index contributed by atoms with van der Waals surface area (Å²) in [6.45, 7) is 0.856. The molecule has 0 radical (unpaired) electrons. The molecular formula is C8H10ClF2NS. The van der Waals surface area contributed by atoms with Gasteiger partial charge < -0.3 is 5.73 Å². The van der Waals surface area contributed by atoms with Crippen molar-refractivity contribution in [2.75, 3.05) is 0 Å². The van der Waals surface area contributed by atoms with Crippen LogP contribution in [0.3, 0.4) is 0 Å². The van der Waals surface area contributed by atoms with E-state index >= 15 is 0 Å². The molecule has 0 aliphatic carbocycles. The molecule has 0 saturated heterocycles. The molecule has 0 aliphatic rings. The number of rotatable bonds is 3. The van der Waals surface area contributed by atoms with Crippen LogP contribution in [0.1, 0.15) is 24.3 Å². The van der Waals surface area contributed by atoms with E-state index in [1.807, 2.05) is 0 Å². The fraction of sp³-hybridized carbons (Fsp3) is 0.500. The number of halogens is 3. The van der Waals surface area contributed by atoms with E-state index in [0.29, 0.717) is 9.90 Å². The maximum Gasteiger partial charge on any atom is 0.247 e. The van der Waals surface area contributed by atoms with Gasteiger partial charge in [0.1, 0.15) is 0 Å². The van der Waals surface area contributed by atoms with Crippen molar-refractivity contribution >= 4 is 22.9 Å². The summed E-state index contributed by atoms with van der Waals surface area (Å²) in [4.78, 5) is 0.628. The summed E-state index contributed by atoms with van der Waals surface area (Å²) < 4.78 is 25.2. The normalized spacial score (nSPS) is 14.5. The molecule has 0 aromatic carbocycles. The Hall–Kier alpha value is -0.190. The quantitative estimate of drug-likeness (QED) is 0.838. The smallest absolute Gasteiger partial charge is 0.247 e. The molecule has 0 saturated carbocycles. The van der Waals surface area contributed by atoms with Crippen LogP contribution in [0, 0.1) is 0 Å². The molecule has 1 aromatic heterocycles. The molecule has 0 bridgehead atoms. The van der Waals surface area contributed by atoms with Crippen LogP contribution in [0.5, 0.6) is 0 Å². The Morgan fingerprint density at radius 2 is 2.31 bits per heavy atom. The zero-order valence-electron chi connectivity index (χ0n) is 7.06. The van der Waals surface area contributed by atoms with Crippen molar-refractivity contribution in [1.29, 1.82) is 0 Å². The Morgan fingerprint density at radius 3 is 2.69 bits per heavy atom. The van der Waals surface area contributed by atoms with Gasteiger partial charge in [-0.3, -0.25) is 0 Å². The van der Waals surface area contributed by atoms with E-state index in [4.69, 9.17) is 17.3 Å². The number of nitrogens with two attached hydrogens (primary N) is 1. The van der Waals surface area contributed by atoms with Gasteiger partial charge in [0.25, 0.3) is 0 Å². The van der Waals surface area contributed by atoms with E-state index in [1.165, 1.54) is 11.3 Å². The standard InChI is InChI=1S/C8H10ClF2NS/c1-8(10,11)4-6(12)7-5(9)2-3-13-7/h2-3,6H,4,12H2,1H3. The van der Waals surface area contributed by atoms with Gasteiger partial charge in [-0.05, 0) is 18.4 Å². The van der Waals surface area contributed by atoms with Gasteiger partial charge in [-0.1, -0.05) is 11.6 Å². The highest BCUT2D eigenvalue weighted by molar-refractivity contribution is 7.10. The highest BCUT2D eigenvalue weighted by atomic mass is 35.5. The number of alkyl halides is 2. The topological polar surface area (TPSA) is 26.0 Å². The highest BCUT2D eigenvalue weighted by Crippen LogP contribution is 2.33. The molecule has 74 valence electrons. The van der Waals surface area contributed by atoms with Gasteiger partial charge >= 0.3 is 0 Å². The minimum absolute atomic E-state index is 0.368. The zero-order chi connectivity index (χ0) is 10.1. The average Bonchev–Trinajstić information content (AvgIpc) is 2.30. The first-order chi connectivity index (χ1) is 5.90. The molecule has 1 aromatic rings. The average molecular weight is 226 g/mol. The molecule has 0 fully saturated rings. The molecule has 1 atom stereocenters. The zero-order valence-corrected chi connectivity index (χ0v) is 8.63. The molecule has 0 amide bonds. The minimum Gasteiger partial charge on any atom is -0.323 e. The Labute approximate surface area is 84.5 Å². The summed E-state index contributed by atoms with van der Waals surface area (Å²) in [7, 11) is 0. The first kappa shape index (κ1) is 10.9. The lowest BCUT2D eigenvalue weighted by atomic mass is 10.1. The number of hydrogen-bond acceptors (Lipinski definition) is 2. The lowest BCUT2D eigenvalue weighted by Crippen LogP contribution is -2.20. The summed E-state index contributed by atoms with van der Waals surface area (Å²) >= 11 is 7.06. The van der Waals surface area contributed by atoms with Crippen molar-refractivity contribution in [1.82, 2.24) is 0 Å². The largest absolute Gasteiger partial charge is 0.323 e. The van der Waals surface area contributed by atoms with Crippen LogP contribution in [0.4, 0.5) is 8.78 Å². The van der Waals surface area contributed by atoms with Crippen LogP contribution in [0.2, 0.25) is 5.02 Å². The fourth-order valence-electron chi connectivity index (χ4n) is 1.05. The Balaban J connectivity index is 2.69. The van der Waals surface area contributed by atoms with Gasteiger partial charge in [-0.25, -0.2) is 8.78 Å². The molecule has 0 spiro atoms. The van der Waals surface area contributed by atoms with Gasteiger partial charge in [-0.2, -0.15) is 0 Å². The molecule has 1 nitrogen and oxygen atoms in total. The van der Waals surface area contributed by atoms with E-state index < -0.39 is 12.0 Å². The van der Waals surface area contributed by atoms with Crippen LogP contribution in [-0.2, 0) is 0 Å². The number of hydrogen-bond donors (Lipinski definition) is 1. The number of thiophene rings is 1. The Morgan fingerprint density at radius 1 is 1.69 bits per heavy atom. The molecule has 1 unspecified atom stereocenters. The van der Waals surface area contributed by atoms with Crippen LogP contribution < -0.4 is 5.73 Å². The third-order valence-corrected chi connectivity index (χ3v) is 3.05. The van der Waals surface area contributed by atoms with E-state index in [0.717, 1.165) is 6.92 Å². The van der Waals surface area contributed by atoms with Crippen LogP contribution >= 0.6 is 22.9 Å². The molecule has 1 rings (SSSR count). The van der Waals surface area contributed by atoms with Gasteiger partial charge in [0.05, 0.1) is 5.02 Å². The molecule has 2 N–H and O–H groups in total. The third kappa shape index (κ3) is 3.21. The van der Waals surface area contributed by atoms with Crippen molar-refractivity contribution in [2.45, 2.75) is 25.3 Å². The molecule has 13 heavy (non-hydrogen) atoms. The summed E-state index contributed by atoms with van der Waals surface area (Å²) in [5, 5.41) is 2.22. The molecule has 5 heteroatoms. The minimum atomic E-state index is -2.74. The summed E-state index contributed by atoms with van der Waals surface area (Å²) in [6.07, 6.45) is -0.368. The second kappa shape index (κ2) is 3.90. The monoisotopic (exact) mass is 225 g/mol. The van der Waals surface area contributed by atoms with Gasteiger partial charge in [-0.15, -0.1) is 11.3 Å². The first-order valence-corrected chi connectivity index (χ1v) is 5.02. The molecule has 1 heterocycles. The van der Waals surface area contributed by atoms with Crippen molar-refractivity contribution < 1.29 is 8.78 Å². The van der Waals surface area contributed by atoms with E-state index in [-0.39, 0.29) is 6.42 Å². The third-order valence-electron chi connectivity index (χ3n) is 1.56. The van der Waals surface area contributed by atoms with Crippen molar-refractivity contribution in [3.8, 4) is 0 Å². The lowest BCUT2D eigenvalue weighted by molar-refractivity contribution is 0.00647. The highest BCUT2D eigenvalue weighted by Gasteiger charge is 2.27. The van der Waals surface area contributed by atoms with Crippen LogP contribution in [-0.4, -0.2) is 5.92 Å². The van der Waals surface area contributed by atoms with Gasteiger partial charge in [0.15, 0.2) is 0 Å². The second-order valence-electron chi connectivity index (χ2n) is 3.01. The summed E-state index contributed by atoms with van der Waals surface area (Å²) in [5.41, 5.74) is 5.57. The lowest BCUT2D eigenvalue weighted by Gasteiger charge is -2.15. The first-order valence-electron chi connectivity index (χ1n) is 3.76. The molecule has 0 aliphatic heterocycles. The Kier molecular flexibility index (Phi) is 3.27. The SMILES string of the molecule is CC(F)(F)CC(N)c1sccc1Cl. The van der Waals surface area contributed by atoms with Crippen LogP contribution in [0.15, 0.2) is 11.4 Å². The predicted octanol–water partition coefficient (Wildman–Crippen LogP) is 3.45. The van der Waals surface area contributed by atoms with E-state index in [9.17, 15) is 8.78 Å². The molecular weight excluding hydrogens is 216 g/mol. The predicted molar refractivity (Wildman–Crippen MR) is 51.5 cm³/mol. The fourth-order valence-corrected chi connectivity index (χ4v) is 2.25. The van der Waals surface area contributed by atoms with Gasteiger partial charge in [0.2, 0.25) is 5.92 Å². The van der Waals surface area contributed by atoms with Crippen molar-refractivity contribution in [3.63, 3.8) is 0 Å². The maximum atomic E-state index is 12.6. The second-order valence-corrected chi connectivity index (χ2v) is 4.37. The van der Waals surface area contributed by atoms with Crippen LogP contribution in [0.25, 0.3) is 0 Å². The van der Waals surface area contributed by atoms with Gasteiger partial charge in [0, 0.05) is 17.3 Å². The maximum absolute atomic E-state index is 12.6. The Bertz CT molecular complexity index is 282. The summed E-state index contributed by atoms with van der Waals surface area (Å²) in [5.74, 6) is -2.74.